The average Bonchev–Trinajstić information content (AvgIpc) is 2.67. The lowest BCUT2D eigenvalue weighted by atomic mass is 10.1. The standard InChI is InChI=1S/C11H16N2O2/c1-15-6-8(14)5-11-9-3-2-4-10(9)12-7-13-11/h7-8,14H,2-6H2,1H3. The average molecular weight is 208 g/mol. The SMILES string of the molecule is COCC(O)Cc1ncnc2c1CCC2. The van der Waals surface area contributed by atoms with Crippen molar-refractivity contribution in [1.82, 2.24) is 9.97 Å². The van der Waals surface area contributed by atoms with Gasteiger partial charge < -0.3 is 9.84 Å². The zero-order valence-electron chi connectivity index (χ0n) is 8.94. The number of nitrogens with zero attached hydrogens (tertiary/aromatic N) is 2. The minimum atomic E-state index is -0.463. The monoisotopic (exact) mass is 208 g/mol. The summed E-state index contributed by atoms with van der Waals surface area (Å²) in [5.41, 5.74) is 3.39. The molecule has 0 saturated carbocycles. The van der Waals surface area contributed by atoms with Crippen LogP contribution in [0.4, 0.5) is 0 Å². The summed E-state index contributed by atoms with van der Waals surface area (Å²) in [6, 6.07) is 0. The molecule has 0 spiro atoms. The normalized spacial score (nSPS) is 16.4. The number of aliphatic hydroxyl groups excluding tert-OH is 1. The number of methoxy groups -OCH3 is 1. The molecule has 15 heavy (non-hydrogen) atoms. The van der Waals surface area contributed by atoms with Gasteiger partial charge in [0.15, 0.2) is 0 Å². The molecule has 0 fully saturated rings. The lowest BCUT2D eigenvalue weighted by Gasteiger charge is -2.11. The maximum atomic E-state index is 9.65. The molecule has 1 aliphatic carbocycles. The molecular formula is C11H16N2O2. The molecule has 2 rings (SSSR count). The van der Waals surface area contributed by atoms with Crippen molar-refractivity contribution in [3.05, 3.63) is 23.3 Å². The Bertz CT molecular complexity index is 341. The first-order valence-electron chi connectivity index (χ1n) is 5.30. The van der Waals surface area contributed by atoms with Crippen LogP contribution in [0, 0.1) is 0 Å². The highest BCUT2D eigenvalue weighted by atomic mass is 16.5. The highest BCUT2D eigenvalue weighted by Crippen LogP contribution is 2.22. The van der Waals surface area contributed by atoms with Crippen LogP contribution in [-0.2, 0) is 24.0 Å². The van der Waals surface area contributed by atoms with Crippen LogP contribution in [-0.4, -0.2) is 34.9 Å². The Labute approximate surface area is 89.3 Å². The van der Waals surface area contributed by atoms with Gasteiger partial charge in [-0.25, -0.2) is 9.97 Å². The number of aryl methyl sites for hydroxylation is 1. The summed E-state index contributed by atoms with van der Waals surface area (Å²) < 4.78 is 4.90. The van der Waals surface area contributed by atoms with Crippen molar-refractivity contribution in [1.29, 1.82) is 0 Å². The third-order valence-electron chi connectivity index (χ3n) is 2.75. The molecule has 4 heteroatoms. The fourth-order valence-electron chi connectivity index (χ4n) is 2.08. The Morgan fingerprint density at radius 2 is 2.33 bits per heavy atom. The van der Waals surface area contributed by atoms with E-state index in [4.69, 9.17) is 4.74 Å². The molecule has 4 nitrogen and oxygen atoms in total. The molecule has 82 valence electrons. The van der Waals surface area contributed by atoms with E-state index in [1.807, 2.05) is 0 Å². The lowest BCUT2D eigenvalue weighted by molar-refractivity contribution is 0.0643. The number of aliphatic hydroxyl groups is 1. The van der Waals surface area contributed by atoms with Crippen molar-refractivity contribution in [2.75, 3.05) is 13.7 Å². The number of aromatic nitrogens is 2. The Hall–Kier alpha value is -1.00. The van der Waals surface area contributed by atoms with Crippen molar-refractivity contribution in [2.45, 2.75) is 31.8 Å². The number of rotatable bonds is 4. The molecule has 0 amide bonds. The summed E-state index contributed by atoms with van der Waals surface area (Å²) >= 11 is 0. The molecule has 0 aromatic carbocycles. The zero-order valence-corrected chi connectivity index (χ0v) is 8.94. The Morgan fingerprint density at radius 3 is 3.13 bits per heavy atom. The van der Waals surface area contributed by atoms with Crippen LogP contribution in [0.3, 0.4) is 0 Å². The number of hydrogen-bond acceptors (Lipinski definition) is 4. The van der Waals surface area contributed by atoms with Gasteiger partial charge in [-0.2, -0.15) is 0 Å². The third kappa shape index (κ3) is 2.33. The van der Waals surface area contributed by atoms with Crippen LogP contribution in [0.2, 0.25) is 0 Å². The molecule has 1 heterocycles. The fourth-order valence-corrected chi connectivity index (χ4v) is 2.08. The van der Waals surface area contributed by atoms with Gasteiger partial charge in [0.25, 0.3) is 0 Å². The van der Waals surface area contributed by atoms with Gasteiger partial charge in [-0.1, -0.05) is 0 Å². The van der Waals surface area contributed by atoms with Gasteiger partial charge in [0.2, 0.25) is 0 Å². The predicted molar refractivity (Wildman–Crippen MR) is 55.6 cm³/mol. The van der Waals surface area contributed by atoms with Crippen molar-refractivity contribution < 1.29 is 9.84 Å². The summed E-state index contributed by atoms with van der Waals surface area (Å²) in [4.78, 5) is 8.50. The highest BCUT2D eigenvalue weighted by Gasteiger charge is 2.18. The van der Waals surface area contributed by atoms with E-state index in [0.29, 0.717) is 13.0 Å². The molecule has 0 saturated heterocycles. The van der Waals surface area contributed by atoms with Crippen molar-refractivity contribution in [3.8, 4) is 0 Å². The minimum Gasteiger partial charge on any atom is -0.390 e. The van der Waals surface area contributed by atoms with Crippen LogP contribution in [0.15, 0.2) is 6.33 Å². The highest BCUT2D eigenvalue weighted by molar-refractivity contribution is 5.29. The van der Waals surface area contributed by atoms with E-state index in [1.165, 1.54) is 5.56 Å². The lowest BCUT2D eigenvalue weighted by Crippen LogP contribution is -2.19. The maximum absolute atomic E-state index is 9.65. The molecule has 0 bridgehead atoms. The van der Waals surface area contributed by atoms with Gasteiger partial charge in [-0.05, 0) is 24.8 Å². The molecule has 1 aliphatic rings. The quantitative estimate of drug-likeness (QED) is 0.783. The first kappa shape index (κ1) is 10.5. The molecule has 0 radical (unpaired) electrons. The summed E-state index contributed by atoms with van der Waals surface area (Å²) in [5.74, 6) is 0. The number of fused-ring (bicyclic) bond motifs is 1. The van der Waals surface area contributed by atoms with Crippen molar-refractivity contribution >= 4 is 0 Å². The van der Waals surface area contributed by atoms with Crippen molar-refractivity contribution in [2.24, 2.45) is 0 Å². The van der Waals surface area contributed by atoms with E-state index >= 15 is 0 Å². The molecular weight excluding hydrogens is 192 g/mol. The van der Waals surface area contributed by atoms with Gasteiger partial charge in [0.1, 0.15) is 6.33 Å². The maximum Gasteiger partial charge on any atom is 0.115 e. The Balaban J connectivity index is 2.11. The smallest absolute Gasteiger partial charge is 0.115 e. The molecule has 1 aromatic rings. The van der Waals surface area contributed by atoms with E-state index in [9.17, 15) is 5.11 Å². The topological polar surface area (TPSA) is 55.2 Å². The van der Waals surface area contributed by atoms with Crippen LogP contribution in [0.5, 0.6) is 0 Å². The predicted octanol–water partition coefficient (Wildman–Crippen LogP) is 0.515. The van der Waals surface area contributed by atoms with E-state index < -0.39 is 6.10 Å². The van der Waals surface area contributed by atoms with Crippen LogP contribution >= 0.6 is 0 Å². The number of ether oxygens (including phenoxy) is 1. The number of hydrogen-bond donors (Lipinski definition) is 1. The van der Waals surface area contributed by atoms with Gasteiger partial charge in [0, 0.05) is 24.9 Å². The third-order valence-corrected chi connectivity index (χ3v) is 2.75. The van der Waals surface area contributed by atoms with Crippen LogP contribution < -0.4 is 0 Å². The second-order valence-electron chi connectivity index (χ2n) is 3.91. The summed E-state index contributed by atoms with van der Waals surface area (Å²) in [6.07, 6.45) is 4.95. The summed E-state index contributed by atoms with van der Waals surface area (Å²) in [7, 11) is 1.59. The minimum absolute atomic E-state index is 0.360. The van der Waals surface area contributed by atoms with Gasteiger partial charge >= 0.3 is 0 Å². The van der Waals surface area contributed by atoms with Crippen LogP contribution in [0.25, 0.3) is 0 Å². The van der Waals surface area contributed by atoms with Crippen LogP contribution in [0.1, 0.15) is 23.4 Å². The van der Waals surface area contributed by atoms with Crippen molar-refractivity contribution in [3.63, 3.8) is 0 Å². The second-order valence-corrected chi connectivity index (χ2v) is 3.91. The second kappa shape index (κ2) is 4.68. The van der Waals surface area contributed by atoms with Gasteiger partial charge in [0.05, 0.1) is 12.7 Å². The summed E-state index contributed by atoms with van der Waals surface area (Å²) in [6.45, 7) is 0.360. The molecule has 1 unspecified atom stereocenters. The first-order chi connectivity index (χ1) is 7.31. The van der Waals surface area contributed by atoms with E-state index in [0.717, 1.165) is 30.7 Å². The Kier molecular flexibility index (Phi) is 3.28. The first-order valence-corrected chi connectivity index (χ1v) is 5.30. The Morgan fingerprint density at radius 1 is 1.47 bits per heavy atom. The largest absolute Gasteiger partial charge is 0.390 e. The molecule has 1 aromatic heterocycles. The van der Waals surface area contributed by atoms with E-state index in [2.05, 4.69) is 9.97 Å². The molecule has 1 atom stereocenters. The van der Waals surface area contributed by atoms with Gasteiger partial charge in [-0.3, -0.25) is 0 Å². The van der Waals surface area contributed by atoms with E-state index in [-0.39, 0.29) is 0 Å². The molecule has 1 N–H and O–H groups in total. The zero-order chi connectivity index (χ0) is 10.7. The van der Waals surface area contributed by atoms with E-state index in [1.54, 1.807) is 13.4 Å². The van der Waals surface area contributed by atoms with Gasteiger partial charge in [-0.15, -0.1) is 0 Å². The fraction of sp³-hybridized carbons (Fsp3) is 0.636. The molecule has 0 aliphatic heterocycles. The summed E-state index contributed by atoms with van der Waals surface area (Å²) in [5, 5.41) is 9.65.